The number of hydrogen-bond donors (Lipinski definition) is 1. The fourth-order valence-corrected chi connectivity index (χ4v) is 3.38. The lowest BCUT2D eigenvalue weighted by molar-refractivity contribution is -0.149. The van der Waals surface area contributed by atoms with Gasteiger partial charge in [-0.25, -0.2) is 0 Å². The standard InChI is InChI=1S/C16H25N3O2S/c1-3-21-15(20)13-7-10-19(11-8-13)16(17-2)18-9-6-14-5-4-12-22-14/h4-5,12-13H,3,6-11H2,1-2H3,(H,17,18). The van der Waals surface area contributed by atoms with E-state index in [1.165, 1.54) is 4.88 Å². The molecule has 0 aliphatic carbocycles. The molecule has 1 fully saturated rings. The molecule has 5 nitrogen and oxygen atoms in total. The molecule has 0 amide bonds. The monoisotopic (exact) mass is 323 g/mol. The Kier molecular flexibility index (Phi) is 6.71. The van der Waals surface area contributed by atoms with Crippen molar-refractivity contribution in [2.24, 2.45) is 10.9 Å². The minimum atomic E-state index is -0.0530. The second kappa shape index (κ2) is 8.78. The van der Waals surface area contributed by atoms with Crippen molar-refractivity contribution < 1.29 is 9.53 Å². The van der Waals surface area contributed by atoms with E-state index in [0.29, 0.717) is 6.61 Å². The summed E-state index contributed by atoms with van der Waals surface area (Å²) in [5.74, 6) is 0.919. The van der Waals surface area contributed by atoms with E-state index >= 15 is 0 Å². The lowest BCUT2D eigenvalue weighted by Gasteiger charge is -2.33. The number of aliphatic imine (C=N–C) groups is 1. The molecule has 0 saturated carbocycles. The average Bonchev–Trinajstić information content (AvgIpc) is 3.05. The van der Waals surface area contributed by atoms with E-state index in [1.54, 1.807) is 11.3 Å². The number of carbonyl (C=O) groups is 1. The Hall–Kier alpha value is -1.56. The normalized spacial score (nSPS) is 16.6. The van der Waals surface area contributed by atoms with Crippen LogP contribution in [0, 0.1) is 5.92 Å². The predicted octanol–water partition coefficient (Wildman–Crippen LogP) is 2.14. The van der Waals surface area contributed by atoms with Crippen LogP contribution in [0.15, 0.2) is 22.5 Å². The van der Waals surface area contributed by atoms with E-state index in [0.717, 1.165) is 44.9 Å². The first-order valence-electron chi connectivity index (χ1n) is 7.89. The van der Waals surface area contributed by atoms with Gasteiger partial charge in [-0.05, 0) is 37.6 Å². The maximum absolute atomic E-state index is 11.8. The van der Waals surface area contributed by atoms with E-state index < -0.39 is 0 Å². The molecule has 6 heteroatoms. The van der Waals surface area contributed by atoms with Crippen LogP contribution in [0.1, 0.15) is 24.6 Å². The van der Waals surface area contributed by atoms with Crippen LogP contribution in [0.5, 0.6) is 0 Å². The van der Waals surface area contributed by atoms with Crippen LogP contribution in [0.2, 0.25) is 0 Å². The zero-order valence-electron chi connectivity index (χ0n) is 13.4. The molecule has 0 spiro atoms. The maximum Gasteiger partial charge on any atom is 0.309 e. The molecule has 2 rings (SSSR count). The van der Waals surface area contributed by atoms with Crippen LogP contribution in [-0.2, 0) is 16.0 Å². The molecular formula is C16H25N3O2S. The van der Waals surface area contributed by atoms with Crippen LogP contribution in [-0.4, -0.2) is 50.1 Å². The molecule has 22 heavy (non-hydrogen) atoms. The van der Waals surface area contributed by atoms with Crippen LogP contribution >= 0.6 is 11.3 Å². The van der Waals surface area contributed by atoms with Crippen LogP contribution in [0.4, 0.5) is 0 Å². The summed E-state index contributed by atoms with van der Waals surface area (Å²) in [6.07, 6.45) is 2.69. The van der Waals surface area contributed by atoms with Gasteiger partial charge in [0.15, 0.2) is 5.96 Å². The Labute approximate surface area is 136 Å². The number of hydrogen-bond acceptors (Lipinski definition) is 4. The second-order valence-electron chi connectivity index (χ2n) is 5.32. The minimum absolute atomic E-state index is 0.0421. The predicted molar refractivity (Wildman–Crippen MR) is 90.3 cm³/mol. The van der Waals surface area contributed by atoms with Crippen molar-refractivity contribution in [2.45, 2.75) is 26.2 Å². The first kappa shape index (κ1) is 16.8. The zero-order chi connectivity index (χ0) is 15.8. The first-order chi connectivity index (χ1) is 10.7. The zero-order valence-corrected chi connectivity index (χ0v) is 14.2. The van der Waals surface area contributed by atoms with Crippen molar-refractivity contribution in [1.29, 1.82) is 0 Å². The van der Waals surface area contributed by atoms with Gasteiger partial charge in [-0.15, -0.1) is 11.3 Å². The molecule has 122 valence electrons. The summed E-state index contributed by atoms with van der Waals surface area (Å²) in [6, 6.07) is 4.23. The van der Waals surface area contributed by atoms with Gasteiger partial charge in [0.25, 0.3) is 0 Å². The number of likely N-dealkylation sites (tertiary alicyclic amines) is 1. The number of rotatable bonds is 5. The number of nitrogens with one attached hydrogen (secondary N) is 1. The highest BCUT2D eigenvalue weighted by molar-refractivity contribution is 7.09. The molecular weight excluding hydrogens is 298 g/mol. The highest BCUT2D eigenvalue weighted by Crippen LogP contribution is 2.18. The first-order valence-corrected chi connectivity index (χ1v) is 8.77. The molecule has 0 aromatic carbocycles. The lowest BCUT2D eigenvalue weighted by atomic mass is 9.97. The minimum Gasteiger partial charge on any atom is -0.466 e. The molecule has 1 aromatic rings. The van der Waals surface area contributed by atoms with Gasteiger partial charge in [-0.1, -0.05) is 6.07 Å². The van der Waals surface area contributed by atoms with Gasteiger partial charge in [0, 0.05) is 31.6 Å². The van der Waals surface area contributed by atoms with E-state index in [9.17, 15) is 4.79 Å². The quantitative estimate of drug-likeness (QED) is 0.512. The topological polar surface area (TPSA) is 53.9 Å². The Morgan fingerprint density at radius 1 is 1.50 bits per heavy atom. The summed E-state index contributed by atoms with van der Waals surface area (Å²) in [4.78, 5) is 19.7. The number of piperidine rings is 1. The SMILES string of the molecule is CCOC(=O)C1CCN(C(=NC)NCCc2cccs2)CC1. The van der Waals surface area contributed by atoms with Crippen molar-refractivity contribution in [3.8, 4) is 0 Å². The Morgan fingerprint density at radius 3 is 2.86 bits per heavy atom. The molecule has 0 bridgehead atoms. The average molecular weight is 323 g/mol. The molecule has 0 unspecified atom stereocenters. The summed E-state index contributed by atoms with van der Waals surface area (Å²) in [6.45, 7) is 4.90. The fourth-order valence-electron chi connectivity index (χ4n) is 2.67. The fraction of sp³-hybridized carbons (Fsp3) is 0.625. The van der Waals surface area contributed by atoms with Crippen molar-refractivity contribution in [3.05, 3.63) is 22.4 Å². The third-order valence-corrected chi connectivity index (χ3v) is 4.80. The number of thiophene rings is 1. The highest BCUT2D eigenvalue weighted by Gasteiger charge is 2.27. The highest BCUT2D eigenvalue weighted by atomic mass is 32.1. The molecule has 1 aliphatic heterocycles. The van der Waals surface area contributed by atoms with Gasteiger partial charge in [0.1, 0.15) is 0 Å². The van der Waals surface area contributed by atoms with Gasteiger partial charge in [-0.2, -0.15) is 0 Å². The van der Waals surface area contributed by atoms with Gasteiger partial charge < -0.3 is 15.0 Å². The van der Waals surface area contributed by atoms with Crippen LogP contribution < -0.4 is 5.32 Å². The van der Waals surface area contributed by atoms with E-state index in [1.807, 2.05) is 14.0 Å². The van der Waals surface area contributed by atoms with Crippen molar-refractivity contribution in [3.63, 3.8) is 0 Å². The second-order valence-corrected chi connectivity index (χ2v) is 6.35. The van der Waals surface area contributed by atoms with Gasteiger partial charge in [0.2, 0.25) is 0 Å². The number of carbonyl (C=O) groups excluding carboxylic acids is 1. The number of guanidine groups is 1. The van der Waals surface area contributed by atoms with E-state index in [4.69, 9.17) is 4.74 Å². The molecule has 0 atom stereocenters. The molecule has 1 aliphatic rings. The molecule has 2 heterocycles. The summed E-state index contributed by atoms with van der Waals surface area (Å²) < 4.78 is 5.11. The van der Waals surface area contributed by atoms with Gasteiger partial charge in [0.05, 0.1) is 12.5 Å². The maximum atomic E-state index is 11.8. The number of ether oxygens (including phenoxy) is 1. The van der Waals surface area contributed by atoms with Gasteiger partial charge in [-0.3, -0.25) is 9.79 Å². The summed E-state index contributed by atoms with van der Waals surface area (Å²) in [7, 11) is 1.81. The smallest absolute Gasteiger partial charge is 0.309 e. The van der Waals surface area contributed by atoms with Crippen molar-refractivity contribution in [2.75, 3.05) is 33.3 Å². The summed E-state index contributed by atoms with van der Waals surface area (Å²) in [5, 5.41) is 5.51. The molecule has 0 radical (unpaired) electrons. The van der Waals surface area contributed by atoms with Crippen LogP contribution in [0.3, 0.4) is 0 Å². The molecule has 1 aromatic heterocycles. The molecule has 1 N–H and O–H groups in total. The Bertz CT molecular complexity index is 480. The largest absolute Gasteiger partial charge is 0.466 e. The Morgan fingerprint density at radius 2 is 2.27 bits per heavy atom. The van der Waals surface area contributed by atoms with E-state index in [-0.39, 0.29) is 11.9 Å². The third-order valence-electron chi connectivity index (χ3n) is 3.86. The third kappa shape index (κ3) is 4.73. The summed E-state index contributed by atoms with van der Waals surface area (Å²) >= 11 is 1.78. The van der Waals surface area contributed by atoms with Gasteiger partial charge >= 0.3 is 5.97 Å². The lowest BCUT2D eigenvalue weighted by Crippen LogP contribution is -2.47. The van der Waals surface area contributed by atoms with Crippen molar-refractivity contribution in [1.82, 2.24) is 10.2 Å². The molecule has 1 saturated heterocycles. The van der Waals surface area contributed by atoms with Crippen molar-refractivity contribution >= 4 is 23.3 Å². The van der Waals surface area contributed by atoms with E-state index in [2.05, 4.69) is 32.7 Å². The number of nitrogens with zero attached hydrogens (tertiary/aromatic N) is 2. The number of esters is 1. The Balaban J connectivity index is 1.74. The van der Waals surface area contributed by atoms with Crippen LogP contribution in [0.25, 0.3) is 0 Å². The summed E-state index contributed by atoms with van der Waals surface area (Å²) in [5.41, 5.74) is 0.